The lowest BCUT2D eigenvalue weighted by molar-refractivity contribution is 0.00678. The van der Waals surface area contributed by atoms with Gasteiger partial charge in [0.05, 0.1) is 30.4 Å². The number of ether oxygens (including phenoxy) is 2. The average molecular weight is 478 g/mol. The fourth-order valence-electron chi connectivity index (χ4n) is 5.04. The zero-order valence-electron chi connectivity index (χ0n) is 19.0. The number of piperidine rings is 1. The van der Waals surface area contributed by atoms with Crippen LogP contribution in [0.4, 0.5) is 10.5 Å². The van der Waals surface area contributed by atoms with Crippen molar-refractivity contribution in [3.05, 3.63) is 53.9 Å². The van der Waals surface area contributed by atoms with E-state index in [0.29, 0.717) is 28.8 Å². The van der Waals surface area contributed by atoms with Gasteiger partial charge in [-0.05, 0) is 31.3 Å². The molecule has 2 aromatic heterocycles. The number of fused-ring (bicyclic) bond motifs is 2. The molecule has 0 N–H and O–H groups in total. The molecule has 9 heteroatoms. The lowest BCUT2D eigenvalue weighted by Crippen LogP contribution is -2.45. The van der Waals surface area contributed by atoms with Crippen LogP contribution in [0.3, 0.4) is 0 Å². The number of benzene rings is 2. The molecular formula is C25H24ClN5O3. The van der Waals surface area contributed by atoms with Crippen LogP contribution in [0.25, 0.3) is 27.6 Å². The molecule has 0 unspecified atom stereocenters. The first-order chi connectivity index (χ1) is 16.5. The van der Waals surface area contributed by atoms with Crippen LogP contribution in [-0.2, 0) is 4.74 Å². The number of hydrogen-bond acceptors (Lipinski definition) is 6. The minimum absolute atomic E-state index is 0.348. The molecule has 6 rings (SSSR count). The zero-order valence-corrected chi connectivity index (χ0v) is 19.7. The van der Waals surface area contributed by atoms with E-state index in [4.69, 9.17) is 21.1 Å². The van der Waals surface area contributed by atoms with Crippen molar-refractivity contribution in [2.45, 2.75) is 18.4 Å². The molecule has 2 aromatic carbocycles. The molecule has 0 atom stereocenters. The van der Waals surface area contributed by atoms with Crippen molar-refractivity contribution in [1.29, 1.82) is 0 Å². The van der Waals surface area contributed by atoms with E-state index in [2.05, 4.69) is 21.9 Å². The molecule has 2 aliphatic rings. The third kappa shape index (κ3) is 3.28. The predicted molar refractivity (Wildman–Crippen MR) is 131 cm³/mol. The maximum Gasteiger partial charge on any atom is 0.415 e. The Kier molecular flexibility index (Phi) is 4.89. The fraction of sp³-hybridized carbons (Fsp3) is 0.320. The summed E-state index contributed by atoms with van der Waals surface area (Å²) < 4.78 is 13.6. The number of halogens is 1. The Morgan fingerprint density at radius 1 is 1.12 bits per heavy atom. The number of methoxy groups -OCH3 is 1. The second-order valence-corrected chi connectivity index (χ2v) is 9.44. The van der Waals surface area contributed by atoms with Gasteiger partial charge in [0.25, 0.3) is 0 Å². The Bertz CT molecular complexity index is 1430. The number of hydrogen-bond donors (Lipinski definition) is 0. The second-order valence-electron chi connectivity index (χ2n) is 9.04. The molecular weight excluding hydrogens is 454 g/mol. The van der Waals surface area contributed by atoms with Gasteiger partial charge in [-0.25, -0.2) is 14.8 Å². The van der Waals surface area contributed by atoms with Gasteiger partial charge in [-0.3, -0.25) is 4.90 Å². The first-order valence-corrected chi connectivity index (χ1v) is 11.6. The standard InChI is InChI=1S/C25H24ClN5O3/c1-29-10-7-25(8-11-29)14-31(24(32)34-25)21-12-17-19(13-22(21)33-2)27-15-28-23(17)30-9-6-16-18(26)4-3-5-20(16)30/h3-6,9,12-13,15H,7-8,10-11,14H2,1-2H3. The predicted octanol–water partition coefficient (Wildman–Crippen LogP) is 4.66. The molecule has 0 aliphatic carbocycles. The molecule has 34 heavy (non-hydrogen) atoms. The van der Waals surface area contributed by atoms with Gasteiger partial charge in [0.15, 0.2) is 0 Å². The van der Waals surface area contributed by atoms with Crippen LogP contribution in [0.1, 0.15) is 12.8 Å². The third-order valence-electron chi connectivity index (χ3n) is 6.98. The van der Waals surface area contributed by atoms with Crippen LogP contribution in [-0.4, -0.2) is 64.9 Å². The van der Waals surface area contributed by atoms with Crippen molar-refractivity contribution in [3.8, 4) is 11.6 Å². The Hall–Kier alpha value is -3.36. The van der Waals surface area contributed by atoms with Crippen LogP contribution in [0.5, 0.6) is 5.75 Å². The average Bonchev–Trinajstić information content (AvgIpc) is 3.42. The Morgan fingerprint density at radius 2 is 1.94 bits per heavy atom. The van der Waals surface area contributed by atoms with Gasteiger partial charge in [0.2, 0.25) is 0 Å². The number of anilines is 1. The van der Waals surface area contributed by atoms with E-state index in [-0.39, 0.29) is 6.09 Å². The maximum atomic E-state index is 13.0. The van der Waals surface area contributed by atoms with E-state index in [0.717, 1.165) is 47.7 Å². The summed E-state index contributed by atoms with van der Waals surface area (Å²) in [6.07, 6.45) is 4.75. The molecule has 2 saturated heterocycles. The summed E-state index contributed by atoms with van der Waals surface area (Å²) in [5.74, 6) is 1.27. The zero-order chi connectivity index (χ0) is 23.4. The van der Waals surface area contributed by atoms with E-state index < -0.39 is 5.60 Å². The van der Waals surface area contributed by atoms with Crippen LogP contribution in [0.2, 0.25) is 5.02 Å². The first-order valence-electron chi connectivity index (χ1n) is 11.3. The minimum Gasteiger partial charge on any atom is -0.494 e. The largest absolute Gasteiger partial charge is 0.494 e. The summed E-state index contributed by atoms with van der Waals surface area (Å²) in [6.45, 7) is 2.29. The summed E-state index contributed by atoms with van der Waals surface area (Å²) in [5.41, 5.74) is 1.85. The maximum absolute atomic E-state index is 13.0. The number of nitrogens with zero attached hydrogens (tertiary/aromatic N) is 5. The van der Waals surface area contributed by atoms with Gasteiger partial charge in [0, 0.05) is 54.0 Å². The number of aromatic nitrogens is 3. The van der Waals surface area contributed by atoms with Crippen molar-refractivity contribution in [1.82, 2.24) is 19.4 Å². The SMILES string of the molecule is COc1cc2ncnc(-n3ccc4c(Cl)cccc43)c2cc1N1CC2(CCN(C)CC2)OC1=O. The number of rotatable bonds is 3. The van der Waals surface area contributed by atoms with Gasteiger partial charge < -0.3 is 18.9 Å². The van der Waals surface area contributed by atoms with Gasteiger partial charge in [0.1, 0.15) is 23.5 Å². The van der Waals surface area contributed by atoms with Crippen molar-refractivity contribution < 1.29 is 14.3 Å². The van der Waals surface area contributed by atoms with Gasteiger partial charge in [-0.2, -0.15) is 0 Å². The lowest BCUT2D eigenvalue weighted by atomic mass is 9.91. The highest BCUT2D eigenvalue weighted by molar-refractivity contribution is 6.35. The molecule has 4 aromatic rings. The van der Waals surface area contributed by atoms with Crippen molar-refractivity contribution >= 4 is 45.2 Å². The Labute approximate surface area is 201 Å². The molecule has 8 nitrogen and oxygen atoms in total. The molecule has 174 valence electrons. The van der Waals surface area contributed by atoms with Crippen molar-refractivity contribution in [2.24, 2.45) is 0 Å². The molecule has 4 heterocycles. The third-order valence-corrected chi connectivity index (χ3v) is 7.31. The molecule has 1 spiro atoms. The topological polar surface area (TPSA) is 72.7 Å². The Balaban J connectivity index is 1.48. The molecule has 1 amide bonds. The molecule has 2 aliphatic heterocycles. The van der Waals surface area contributed by atoms with E-state index in [9.17, 15) is 4.79 Å². The second kappa shape index (κ2) is 7.85. The van der Waals surface area contributed by atoms with Crippen molar-refractivity contribution in [2.75, 3.05) is 38.7 Å². The molecule has 0 saturated carbocycles. The fourth-order valence-corrected chi connectivity index (χ4v) is 5.27. The van der Waals surface area contributed by atoms with Crippen molar-refractivity contribution in [3.63, 3.8) is 0 Å². The lowest BCUT2D eigenvalue weighted by Gasteiger charge is -2.35. The van der Waals surface area contributed by atoms with E-state index in [1.165, 1.54) is 6.33 Å². The molecule has 0 radical (unpaired) electrons. The van der Waals surface area contributed by atoms with E-state index >= 15 is 0 Å². The number of carbonyl (C=O) groups is 1. The van der Waals surface area contributed by atoms with Gasteiger partial charge in [-0.1, -0.05) is 17.7 Å². The van der Waals surface area contributed by atoms with E-state index in [1.54, 1.807) is 12.0 Å². The summed E-state index contributed by atoms with van der Waals surface area (Å²) in [7, 11) is 3.69. The highest BCUT2D eigenvalue weighted by Gasteiger charge is 2.47. The molecule has 0 bridgehead atoms. The smallest absolute Gasteiger partial charge is 0.415 e. The normalized spacial score (nSPS) is 18.2. The van der Waals surface area contributed by atoms with Crippen LogP contribution in [0.15, 0.2) is 48.9 Å². The Morgan fingerprint density at radius 3 is 2.74 bits per heavy atom. The molecule has 2 fully saturated rings. The van der Waals surface area contributed by atoms with E-state index in [1.807, 2.05) is 47.2 Å². The first kappa shape index (κ1) is 21.2. The summed E-state index contributed by atoms with van der Waals surface area (Å²) >= 11 is 6.40. The van der Waals surface area contributed by atoms with Crippen LogP contribution < -0.4 is 9.64 Å². The van der Waals surface area contributed by atoms with Gasteiger partial charge >= 0.3 is 6.09 Å². The van der Waals surface area contributed by atoms with Gasteiger partial charge in [-0.15, -0.1) is 0 Å². The summed E-state index contributed by atoms with van der Waals surface area (Å²) in [5, 5.41) is 2.42. The number of amides is 1. The number of carbonyl (C=O) groups excluding carboxylic acids is 1. The number of likely N-dealkylation sites (tertiary alicyclic amines) is 1. The monoisotopic (exact) mass is 477 g/mol. The highest BCUT2D eigenvalue weighted by Crippen LogP contribution is 2.41. The highest BCUT2D eigenvalue weighted by atomic mass is 35.5. The minimum atomic E-state index is -0.465. The summed E-state index contributed by atoms with van der Waals surface area (Å²) in [6, 6.07) is 11.5. The van der Waals surface area contributed by atoms with Crippen LogP contribution >= 0.6 is 11.6 Å². The quantitative estimate of drug-likeness (QED) is 0.427. The summed E-state index contributed by atoms with van der Waals surface area (Å²) in [4.78, 5) is 26.0. The van der Waals surface area contributed by atoms with Crippen LogP contribution in [0, 0.1) is 0 Å².